The molecule has 0 radical (unpaired) electrons. The van der Waals surface area contributed by atoms with E-state index in [1.165, 1.54) is 6.92 Å². The first-order valence-electron chi connectivity index (χ1n) is 7.90. The highest BCUT2D eigenvalue weighted by Crippen LogP contribution is 2.21. The zero-order valence-electron chi connectivity index (χ0n) is 14.3. The Bertz CT molecular complexity index is 743. The van der Waals surface area contributed by atoms with E-state index in [-0.39, 0.29) is 6.10 Å². The van der Waals surface area contributed by atoms with Gasteiger partial charge in [0.2, 0.25) is 0 Å². The summed E-state index contributed by atoms with van der Waals surface area (Å²) in [5.74, 6) is -0.379. The summed E-state index contributed by atoms with van der Waals surface area (Å²) >= 11 is 5.99. The molecule has 25 heavy (non-hydrogen) atoms. The molecule has 1 amide bonds. The molecule has 132 valence electrons. The highest BCUT2D eigenvalue weighted by atomic mass is 35.5. The number of esters is 1. The van der Waals surface area contributed by atoms with Crippen molar-refractivity contribution >= 4 is 29.2 Å². The third kappa shape index (κ3) is 5.50. The molecule has 0 aliphatic carbocycles. The van der Waals surface area contributed by atoms with Crippen molar-refractivity contribution in [2.75, 3.05) is 5.32 Å². The van der Waals surface area contributed by atoms with E-state index in [1.54, 1.807) is 48.5 Å². The maximum atomic E-state index is 12.1. The van der Waals surface area contributed by atoms with Gasteiger partial charge in [-0.05, 0) is 57.2 Å². The van der Waals surface area contributed by atoms with Crippen LogP contribution in [0, 0.1) is 0 Å². The number of hydrogen-bond acceptors (Lipinski definition) is 4. The van der Waals surface area contributed by atoms with Crippen molar-refractivity contribution in [3.8, 4) is 5.75 Å². The molecular weight excluding hydrogens is 342 g/mol. The molecule has 5 nitrogen and oxygen atoms in total. The van der Waals surface area contributed by atoms with Gasteiger partial charge >= 0.3 is 5.97 Å². The lowest BCUT2D eigenvalue weighted by Gasteiger charge is -2.14. The van der Waals surface area contributed by atoms with E-state index in [1.807, 2.05) is 13.8 Å². The van der Waals surface area contributed by atoms with Crippen LogP contribution in [-0.4, -0.2) is 24.1 Å². The third-order valence-electron chi connectivity index (χ3n) is 3.25. The van der Waals surface area contributed by atoms with Crippen LogP contribution in [0.1, 0.15) is 31.1 Å². The van der Waals surface area contributed by atoms with Crippen molar-refractivity contribution in [2.24, 2.45) is 0 Å². The van der Waals surface area contributed by atoms with Gasteiger partial charge in [0.25, 0.3) is 5.91 Å². The average Bonchev–Trinajstić information content (AvgIpc) is 2.56. The minimum absolute atomic E-state index is 0.0475. The van der Waals surface area contributed by atoms with E-state index < -0.39 is 18.0 Å². The standard InChI is InChI=1S/C19H20ClNO4/c1-12(2)24-15-10-8-14(9-11-15)19(23)25-13(3)18(22)21-17-7-5-4-6-16(17)20/h4-13H,1-3H3,(H,21,22). The predicted molar refractivity (Wildman–Crippen MR) is 97.2 cm³/mol. The van der Waals surface area contributed by atoms with E-state index >= 15 is 0 Å². The highest BCUT2D eigenvalue weighted by Gasteiger charge is 2.19. The Morgan fingerprint density at radius 1 is 1.00 bits per heavy atom. The largest absolute Gasteiger partial charge is 0.491 e. The summed E-state index contributed by atoms with van der Waals surface area (Å²) in [6, 6.07) is 13.4. The molecular formula is C19H20ClNO4. The number of carbonyl (C=O) groups is 2. The fourth-order valence-corrected chi connectivity index (χ4v) is 2.20. The molecule has 0 spiro atoms. The van der Waals surface area contributed by atoms with Crippen molar-refractivity contribution < 1.29 is 19.1 Å². The van der Waals surface area contributed by atoms with Crippen LogP contribution in [0.2, 0.25) is 5.02 Å². The molecule has 1 atom stereocenters. The summed E-state index contributed by atoms with van der Waals surface area (Å²) < 4.78 is 10.7. The van der Waals surface area contributed by atoms with Gasteiger partial charge in [-0.3, -0.25) is 4.79 Å². The van der Waals surface area contributed by atoms with Crippen molar-refractivity contribution in [1.82, 2.24) is 0 Å². The van der Waals surface area contributed by atoms with E-state index in [0.717, 1.165) is 0 Å². The van der Waals surface area contributed by atoms with Crippen LogP contribution < -0.4 is 10.1 Å². The second-order valence-corrected chi connectivity index (χ2v) is 6.11. The summed E-state index contributed by atoms with van der Waals surface area (Å²) in [5, 5.41) is 3.04. The van der Waals surface area contributed by atoms with Crippen molar-refractivity contribution in [1.29, 1.82) is 0 Å². The summed E-state index contributed by atoms with van der Waals surface area (Å²) in [6.45, 7) is 5.34. The van der Waals surface area contributed by atoms with Gasteiger partial charge < -0.3 is 14.8 Å². The molecule has 0 aliphatic rings. The number of rotatable bonds is 6. The molecule has 0 aromatic heterocycles. The summed E-state index contributed by atoms with van der Waals surface area (Å²) in [4.78, 5) is 24.3. The van der Waals surface area contributed by atoms with Crippen molar-refractivity contribution in [2.45, 2.75) is 33.0 Å². The van der Waals surface area contributed by atoms with Gasteiger partial charge in [-0.2, -0.15) is 0 Å². The molecule has 2 aromatic rings. The van der Waals surface area contributed by atoms with Gasteiger partial charge in [0.15, 0.2) is 6.10 Å². The van der Waals surface area contributed by atoms with Crippen molar-refractivity contribution in [3.63, 3.8) is 0 Å². The Kier molecular flexibility index (Phi) is 6.42. The smallest absolute Gasteiger partial charge is 0.338 e. The monoisotopic (exact) mass is 361 g/mol. The summed E-state index contributed by atoms with van der Waals surface area (Å²) in [6.07, 6.45) is -0.915. The van der Waals surface area contributed by atoms with E-state index in [4.69, 9.17) is 21.1 Å². The molecule has 0 heterocycles. The van der Waals surface area contributed by atoms with E-state index in [9.17, 15) is 9.59 Å². The predicted octanol–water partition coefficient (Wildman–Crippen LogP) is 4.31. The van der Waals surface area contributed by atoms with E-state index in [0.29, 0.717) is 22.0 Å². The van der Waals surface area contributed by atoms with Crippen LogP contribution in [0.5, 0.6) is 5.75 Å². The number of halogens is 1. The molecule has 2 rings (SSSR count). The second-order valence-electron chi connectivity index (χ2n) is 5.71. The van der Waals surface area contributed by atoms with Crippen LogP contribution in [0.15, 0.2) is 48.5 Å². The fourth-order valence-electron chi connectivity index (χ4n) is 2.02. The third-order valence-corrected chi connectivity index (χ3v) is 3.58. The average molecular weight is 362 g/mol. The van der Waals surface area contributed by atoms with Crippen LogP contribution in [-0.2, 0) is 9.53 Å². The number of anilines is 1. The number of ether oxygens (including phenoxy) is 2. The van der Waals surface area contributed by atoms with Gasteiger partial charge in [0, 0.05) is 0 Å². The van der Waals surface area contributed by atoms with Gasteiger partial charge in [-0.25, -0.2) is 4.79 Å². The number of hydrogen-bond donors (Lipinski definition) is 1. The zero-order valence-corrected chi connectivity index (χ0v) is 15.0. The molecule has 1 unspecified atom stereocenters. The normalized spacial score (nSPS) is 11.7. The van der Waals surface area contributed by atoms with Crippen LogP contribution in [0.25, 0.3) is 0 Å². The molecule has 0 aliphatic heterocycles. The number of carbonyl (C=O) groups excluding carboxylic acids is 2. The minimum atomic E-state index is -0.963. The molecule has 6 heteroatoms. The molecule has 0 saturated carbocycles. The Hall–Kier alpha value is -2.53. The van der Waals surface area contributed by atoms with Gasteiger partial charge in [0.05, 0.1) is 22.4 Å². The van der Waals surface area contributed by atoms with Crippen LogP contribution in [0.3, 0.4) is 0 Å². The number of benzene rings is 2. The number of amides is 1. The first-order valence-corrected chi connectivity index (χ1v) is 8.27. The van der Waals surface area contributed by atoms with E-state index in [2.05, 4.69) is 5.32 Å². The summed E-state index contributed by atoms with van der Waals surface area (Å²) in [7, 11) is 0. The zero-order chi connectivity index (χ0) is 18.4. The number of para-hydroxylation sites is 1. The van der Waals surface area contributed by atoms with Gasteiger partial charge in [-0.1, -0.05) is 23.7 Å². The maximum Gasteiger partial charge on any atom is 0.338 e. The maximum absolute atomic E-state index is 12.1. The Labute approximate surface area is 151 Å². The highest BCUT2D eigenvalue weighted by molar-refractivity contribution is 6.33. The SMILES string of the molecule is CC(C)Oc1ccc(C(=O)OC(C)C(=O)Nc2ccccc2Cl)cc1. The second kappa shape index (κ2) is 8.53. The molecule has 2 aromatic carbocycles. The van der Waals surface area contributed by atoms with Crippen molar-refractivity contribution in [3.05, 3.63) is 59.1 Å². The van der Waals surface area contributed by atoms with Crippen LogP contribution in [0.4, 0.5) is 5.69 Å². The Balaban J connectivity index is 1.95. The van der Waals surface area contributed by atoms with Crippen LogP contribution >= 0.6 is 11.6 Å². The molecule has 0 fully saturated rings. The fraction of sp³-hybridized carbons (Fsp3) is 0.263. The first-order chi connectivity index (χ1) is 11.9. The Morgan fingerprint density at radius 2 is 1.64 bits per heavy atom. The lowest BCUT2D eigenvalue weighted by Crippen LogP contribution is -2.30. The minimum Gasteiger partial charge on any atom is -0.491 e. The molecule has 1 N–H and O–H groups in total. The lowest BCUT2D eigenvalue weighted by atomic mass is 10.2. The molecule has 0 saturated heterocycles. The lowest BCUT2D eigenvalue weighted by molar-refractivity contribution is -0.123. The molecule has 0 bridgehead atoms. The summed E-state index contributed by atoms with van der Waals surface area (Å²) in [5.41, 5.74) is 0.806. The van der Waals surface area contributed by atoms with Gasteiger partial charge in [-0.15, -0.1) is 0 Å². The topological polar surface area (TPSA) is 64.6 Å². The first kappa shape index (κ1) is 18.8. The Morgan fingerprint density at radius 3 is 2.24 bits per heavy atom. The van der Waals surface area contributed by atoms with Gasteiger partial charge in [0.1, 0.15) is 5.75 Å². The quantitative estimate of drug-likeness (QED) is 0.778. The number of nitrogens with one attached hydrogen (secondary N) is 1.